The lowest BCUT2D eigenvalue weighted by Crippen LogP contribution is -2.37. The van der Waals surface area contributed by atoms with E-state index >= 15 is 0 Å². The number of nitrogens with one attached hydrogen (secondary N) is 1. The highest BCUT2D eigenvalue weighted by Gasteiger charge is 2.52. The van der Waals surface area contributed by atoms with E-state index in [0.717, 1.165) is 13.0 Å². The van der Waals surface area contributed by atoms with Gasteiger partial charge in [-0.05, 0) is 43.9 Å². The minimum absolute atomic E-state index is 0.0210. The van der Waals surface area contributed by atoms with Crippen molar-refractivity contribution in [3.8, 4) is 0 Å². The number of likely N-dealkylation sites (N-methyl/N-ethyl adjacent to an activating group) is 1. The van der Waals surface area contributed by atoms with Gasteiger partial charge in [0.1, 0.15) is 0 Å². The van der Waals surface area contributed by atoms with Crippen LogP contribution < -0.4 is 5.32 Å². The number of hydrogen-bond acceptors (Lipinski definition) is 3. The molecule has 0 bridgehead atoms. The number of carbonyl (C=O) groups excluding carboxylic acids is 1. The third-order valence-corrected chi connectivity index (χ3v) is 4.00. The molecule has 2 fully saturated rings. The zero-order chi connectivity index (χ0) is 12.8. The van der Waals surface area contributed by atoms with Gasteiger partial charge in [0.25, 0.3) is 0 Å². The van der Waals surface area contributed by atoms with Gasteiger partial charge >= 0.3 is 0 Å². The summed E-state index contributed by atoms with van der Waals surface area (Å²) < 4.78 is 13.4. The van der Waals surface area contributed by atoms with Crippen LogP contribution >= 0.6 is 0 Å². The average molecular weight is 249 g/mol. The maximum atomic E-state index is 13.4. The quantitative estimate of drug-likeness (QED) is 0.866. The van der Waals surface area contributed by atoms with Crippen LogP contribution in [0.1, 0.15) is 19.3 Å². The number of anilines is 1. The van der Waals surface area contributed by atoms with E-state index < -0.39 is 5.82 Å². The molecule has 1 aliphatic carbocycles. The number of likely N-dealkylation sites (tertiary alicyclic amines) is 1. The lowest BCUT2D eigenvalue weighted by atomic mass is 10.0. The molecule has 18 heavy (non-hydrogen) atoms. The largest absolute Gasteiger partial charge is 0.307 e. The van der Waals surface area contributed by atoms with Crippen LogP contribution in [0, 0.1) is 11.2 Å². The number of halogens is 1. The molecule has 0 aromatic carbocycles. The SMILES string of the molecule is CN1CC2(CC2)C[C@H]1C(=O)Nc1ncccc1F. The highest BCUT2D eigenvalue weighted by atomic mass is 19.1. The van der Waals surface area contributed by atoms with Crippen molar-refractivity contribution < 1.29 is 9.18 Å². The second-order valence-electron chi connectivity index (χ2n) is 5.46. The van der Waals surface area contributed by atoms with Gasteiger partial charge in [-0.3, -0.25) is 9.69 Å². The number of amides is 1. The van der Waals surface area contributed by atoms with E-state index in [2.05, 4.69) is 15.2 Å². The van der Waals surface area contributed by atoms with Crippen LogP contribution in [-0.4, -0.2) is 35.4 Å². The first-order valence-corrected chi connectivity index (χ1v) is 6.21. The zero-order valence-corrected chi connectivity index (χ0v) is 10.3. The molecule has 1 saturated carbocycles. The molecule has 1 atom stereocenters. The van der Waals surface area contributed by atoms with E-state index in [1.165, 1.54) is 31.2 Å². The third kappa shape index (κ3) is 1.99. The van der Waals surface area contributed by atoms with Crippen molar-refractivity contribution in [2.24, 2.45) is 5.41 Å². The number of aromatic nitrogens is 1. The van der Waals surface area contributed by atoms with E-state index in [9.17, 15) is 9.18 Å². The Bertz CT molecular complexity index is 487. The van der Waals surface area contributed by atoms with Gasteiger partial charge in [-0.1, -0.05) is 0 Å². The average Bonchev–Trinajstić information content (AvgIpc) is 2.99. The molecule has 2 aliphatic rings. The number of hydrogen-bond donors (Lipinski definition) is 1. The highest BCUT2D eigenvalue weighted by molar-refractivity contribution is 5.94. The minimum Gasteiger partial charge on any atom is -0.307 e. The Kier molecular flexibility index (Phi) is 2.59. The summed E-state index contributed by atoms with van der Waals surface area (Å²) in [6.45, 7) is 0.968. The summed E-state index contributed by atoms with van der Waals surface area (Å²) in [7, 11) is 1.95. The fourth-order valence-corrected chi connectivity index (χ4v) is 2.78. The van der Waals surface area contributed by atoms with Crippen LogP contribution in [0.25, 0.3) is 0 Å². The van der Waals surface area contributed by atoms with Gasteiger partial charge in [0.15, 0.2) is 11.6 Å². The summed E-state index contributed by atoms with van der Waals surface area (Å²) >= 11 is 0. The van der Waals surface area contributed by atoms with Crippen LogP contribution in [0.4, 0.5) is 10.2 Å². The minimum atomic E-state index is -0.493. The summed E-state index contributed by atoms with van der Waals surface area (Å²) in [5, 5.41) is 2.58. The first-order chi connectivity index (χ1) is 8.60. The Hall–Kier alpha value is -1.49. The van der Waals surface area contributed by atoms with Crippen LogP contribution in [-0.2, 0) is 4.79 Å². The monoisotopic (exact) mass is 249 g/mol. The van der Waals surface area contributed by atoms with E-state index in [1.807, 2.05) is 7.05 Å². The molecule has 96 valence electrons. The maximum absolute atomic E-state index is 13.4. The molecule has 1 N–H and O–H groups in total. The molecular weight excluding hydrogens is 233 g/mol. The van der Waals surface area contributed by atoms with Gasteiger partial charge in [0.05, 0.1) is 6.04 Å². The normalized spacial score (nSPS) is 25.3. The molecule has 1 aromatic heterocycles. The van der Waals surface area contributed by atoms with Gasteiger partial charge in [-0.15, -0.1) is 0 Å². The lowest BCUT2D eigenvalue weighted by molar-refractivity contribution is -0.120. The van der Waals surface area contributed by atoms with E-state index in [-0.39, 0.29) is 17.8 Å². The molecule has 3 rings (SSSR count). The first kappa shape index (κ1) is 11.6. The molecule has 1 aromatic rings. The molecule has 5 heteroatoms. The standard InChI is InChI=1S/C13H16FN3O/c1-17-8-13(4-5-13)7-10(17)12(18)16-11-9(14)3-2-6-15-11/h2-3,6,10H,4-5,7-8H2,1H3,(H,15,16,18)/t10-/m0/s1. The Morgan fingerprint density at radius 2 is 2.39 bits per heavy atom. The van der Waals surface area contributed by atoms with Gasteiger partial charge in [-0.2, -0.15) is 0 Å². The molecule has 1 saturated heterocycles. The van der Waals surface area contributed by atoms with Crippen LogP contribution in [0.15, 0.2) is 18.3 Å². The van der Waals surface area contributed by atoms with Crippen molar-refractivity contribution >= 4 is 11.7 Å². The Labute approximate surface area is 105 Å². The predicted molar refractivity (Wildman–Crippen MR) is 65.5 cm³/mol. The second-order valence-corrected chi connectivity index (χ2v) is 5.46. The zero-order valence-electron chi connectivity index (χ0n) is 10.3. The van der Waals surface area contributed by atoms with Crippen molar-refractivity contribution in [2.75, 3.05) is 18.9 Å². The molecule has 2 heterocycles. The summed E-state index contributed by atoms with van der Waals surface area (Å²) in [5.74, 6) is -0.626. The van der Waals surface area contributed by atoms with Gasteiger partial charge in [-0.25, -0.2) is 9.37 Å². The number of carbonyl (C=O) groups is 1. The number of rotatable bonds is 2. The van der Waals surface area contributed by atoms with Crippen molar-refractivity contribution in [3.05, 3.63) is 24.1 Å². The van der Waals surface area contributed by atoms with Crippen molar-refractivity contribution in [1.82, 2.24) is 9.88 Å². The Balaban J connectivity index is 1.70. The topological polar surface area (TPSA) is 45.2 Å². The number of pyridine rings is 1. The molecule has 0 radical (unpaired) electrons. The van der Waals surface area contributed by atoms with Crippen molar-refractivity contribution in [2.45, 2.75) is 25.3 Å². The molecule has 1 spiro atoms. The van der Waals surface area contributed by atoms with E-state index in [1.54, 1.807) is 0 Å². The van der Waals surface area contributed by atoms with Gasteiger partial charge < -0.3 is 5.32 Å². The fraction of sp³-hybridized carbons (Fsp3) is 0.538. The molecule has 0 unspecified atom stereocenters. The maximum Gasteiger partial charge on any atom is 0.242 e. The summed E-state index contributed by atoms with van der Waals surface area (Å²) in [6.07, 6.45) is 4.77. The van der Waals surface area contributed by atoms with Crippen LogP contribution in [0.3, 0.4) is 0 Å². The lowest BCUT2D eigenvalue weighted by Gasteiger charge is -2.18. The molecular formula is C13H16FN3O. The summed E-state index contributed by atoms with van der Waals surface area (Å²) in [4.78, 5) is 18.0. The van der Waals surface area contributed by atoms with Crippen molar-refractivity contribution in [3.63, 3.8) is 0 Å². The third-order valence-electron chi connectivity index (χ3n) is 4.00. The Morgan fingerprint density at radius 3 is 3.00 bits per heavy atom. The summed E-state index contributed by atoms with van der Waals surface area (Å²) in [6, 6.07) is 2.64. The highest BCUT2D eigenvalue weighted by Crippen LogP contribution is 2.54. The smallest absolute Gasteiger partial charge is 0.242 e. The Morgan fingerprint density at radius 1 is 1.61 bits per heavy atom. The van der Waals surface area contributed by atoms with Crippen LogP contribution in [0.5, 0.6) is 0 Å². The van der Waals surface area contributed by atoms with Gasteiger partial charge in [0, 0.05) is 12.7 Å². The van der Waals surface area contributed by atoms with E-state index in [0.29, 0.717) is 5.41 Å². The molecule has 4 nitrogen and oxygen atoms in total. The summed E-state index contributed by atoms with van der Waals surface area (Å²) in [5.41, 5.74) is 0.361. The molecule has 1 aliphatic heterocycles. The van der Waals surface area contributed by atoms with Gasteiger partial charge in [0.2, 0.25) is 5.91 Å². The van der Waals surface area contributed by atoms with Crippen molar-refractivity contribution in [1.29, 1.82) is 0 Å². The van der Waals surface area contributed by atoms with Crippen LogP contribution in [0.2, 0.25) is 0 Å². The predicted octanol–water partition coefficient (Wildman–Crippen LogP) is 1.64. The molecule has 1 amide bonds. The van der Waals surface area contributed by atoms with E-state index in [4.69, 9.17) is 0 Å². The second kappa shape index (κ2) is 4.02. The number of nitrogens with zero attached hydrogens (tertiary/aromatic N) is 2. The fourth-order valence-electron chi connectivity index (χ4n) is 2.78. The first-order valence-electron chi connectivity index (χ1n) is 6.21.